The average Bonchev–Trinajstić information content (AvgIpc) is 2.55. The van der Waals surface area contributed by atoms with Gasteiger partial charge in [-0.05, 0) is 19.1 Å². The Hall–Kier alpha value is -1.85. The number of carbonyl (C=O) groups excluding carboxylic acids is 1. The molecule has 6 heteroatoms. The van der Waals surface area contributed by atoms with Gasteiger partial charge in [0.25, 0.3) is 0 Å². The zero-order chi connectivity index (χ0) is 12.6. The fourth-order valence-corrected chi connectivity index (χ4v) is 1.72. The van der Waals surface area contributed by atoms with Crippen molar-refractivity contribution in [3.8, 4) is 0 Å². The fraction of sp³-hybridized carbons (Fsp3) is 0.273. The molecule has 17 heavy (non-hydrogen) atoms. The van der Waals surface area contributed by atoms with Gasteiger partial charge >= 0.3 is 6.18 Å². The molecule has 0 N–H and O–H groups in total. The zero-order valence-corrected chi connectivity index (χ0v) is 8.95. The summed E-state index contributed by atoms with van der Waals surface area (Å²) in [5.41, 5.74) is 0.437. The topological polar surface area (TPSA) is 34.9 Å². The molecule has 0 bridgehead atoms. The van der Waals surface area contributed by atoms with Crippen molar-refractivity contribution in [1.29, 1.82) is 0 Å². The lowest BCUT2D eigenvalue weighted by Gasteiger charge is -2.07. The van der Waals surface area contributed by atoms with E-state index < -0.39 is 12.7 Å². The molecular weight excluding hydrogens is 233 g/mol. The Morgan fingerprint density at radius 3 is 2.76 bits per heavy atom. The summed E-state index contributed by atoms with van der Waals surface area (Å²) in [5.74, 6) is -0.274. The van der Waals surface area contributed by atoms with Crippen molar-refractivity contribution >= 4 is 16.8 Å². The summed E-state index contributed by atoms with van der Waals surface area (Å²) in [6.45, 7) is 0.174. The monoisotopic (exact) mass is 242 g/mol. The molecule has 0 fully saturated rings. The quantitative estimate of drug-likeness (QED) is 0.759. The maximum Gasteiger partial charge on any atom is 0.406 e. The third-order valence-electron chi connectivity index (χ3n) is 2.36. The van der Waals surface area contributed by atoms with Crippen molar-refractivity contribution in [2.24, 2.45) is 0 Å². The zero-order valence-electron chi connectivity index (χ0n) is 8.95. The molecule has 0 aromatic carbocycles. The van der Waals surface area contributed by atoms with Crippen LogP contribution in [0.1, 0.15) is 17.3 Å². The van der Waals surface area contributed by atoms with Gasteiger partial charge in [-0.15, -0.1) is 0 Å². The molecule has 0 atom stereocenters. The van der Waals surface area contributed by atoms with Crippen LogP contribution in [0.5, 0.6) is 0 Å². The van der Waals surface area contributed by atoms with Crippen molar-refractivity contribution in [3.63, 3.8) is 0 Å². The van der Waals surface area contributed by atoms with Crippen LogP contribution < -0.4 is 0 Å². The summed E-state index contributed by atoms with van der Waals surface area (Å²) >= 11 is 0. The lowest BCUT2D eigenvalue weighted by molar-refractivity contribution is -0.139. The molecule has 0 saturated heterocycles. The first-order valence-corrected chi connectivity index (χ1v) is 4.90. The molecular formula is C11H9F3N2O. The third-order valence-corrected chi connectivity index (χ3v) is 2.36. The van der Waals surface area contributed by atoms with Crippen molar-refractivity contribution < 1.29 is 18.0 Å². The molecule has 0 aliphatic carbocycles. The van der Waals surface area contributed by atoms with Gasteiger partial charge in [0.2, 0.25) is 0 Å². The average molecular weight is 242 g/mol. The highest BCUT2D eigenvalue weighted by atomic mass is 19.4. The van der Waals surface area contributed by atoms with E-state index in [4.69, 9.17) is 0 Å². The maximum atomic E-state index is 12.3. The molecule has 2 aromatic rings. The Morgan fingerprint density at radius 1 is 1.47 bits per heavy atom. The Balaban J connectivity index is 2.61. The molecule has 0 spiro atoms. The van der Waals surface area contributed by atoms with Gasteiger partial charge in [-0.3, -0.25) is 4.79 Å². The van der Waals surface area contributed by atoms with Gasteiger partial charge in [-0.2, -0.15) is 13.2 Å². The van der Waals surface area contributed by atoms with Gasteiger partial charge in [0, 0.05) is 23.3 Å². The number of aromatic nitrogens is 2. The van der Waals surface area contributed by atoms with Gasteiger partial charge in [-0.25, -0.2) is 4.98 Å². The molecule has 0 aliphatic rings. The number of ketones is 1. The number of pyridine rings is 1. The standard InChI is InChI=1S/C11H9F3N2O/c1-7(17)9-5-16(6-11(12,13)14)10-8(9)3-2-4-15-10/h2-5H,6H2,1H3. The SMILES string of the molecule is CC(=O)c1cn(CC(F)(F)F)c2ncccc12. The van der Waals surface area contributed by atoms with Crippen molar-refractivity contribution in [2.45, 2.75) is 19.6 Å². The second-order valence-corrected chi connectivity index (χ2v) is 3.72. The first-order chi connectivity index (χ1) is 7.88. The van der Waals surface area contributed by atoms with Crippen molar-refractivity contribution in [3.05, 3.63) is 30.1 Å². The summed E-state index contributed by atoms with van der Waals surface area (Å²) in [7, 11) is 0. The minimum atomic E-state index is -4.34. The number of hydrogen-bond acceptors (Lipinski definition) is 2. The van der Waals surface area contributed by atoms with Crippen LogP contribution in [-0.4, -0.2) is 21.5 Å². The van der Waals surface area contributed by atoms with E-state index in [1.54, 1.807) is 12.1 Å². The minimum Gasteiger partial charge on any atom is -0.323 e. The summed E-state index contributed by atoms with van der Waals surface area (Å²) < 4.78 is 38.0. The fourth-order valence-electron chi connectivity index (χ4n) is 1.72. The summed E-state index contributed by atoms with van der Waals surface area (Å²) in [6.07, 6.45) is -1.73. The molecule has 0 radical (unpaired) electrons. The van der Waals surface area contributed by atoms with E-state index in [1.165, 1.54) is 19.3 Å². The third kappa shape index (κ3) is 2.30. The van der Waals surface area contributed by atoms with E-state index in [0.29, 0.717) is 5.39 Å². The number of carbonyl (C=O) groups is 1. The van der Waals surface area contributed by atoms with E-state index in [0.717, 1.165) is 4.57 Å². The molecule has 2 rings (SSSR count). The Morgan fingerprint density at radius 2 is 2.18 bits per heavy atom. The van der Waals surface area contributed by atoms with Gasteiger partial charge in [0.05, 0.1) is 0 Å². The van der Waals surface area contributed by atoms with Crippen molar-refractivity contribution in [1.82, 2.24) is 9.55 Å². The van der Waals surface area contributed by atoms with Gasteiger partial charge < -0.3 is 4.57 Å². The summed E-state index contributed by atoms with van der Waals surface area (Å²) in [4.78, 5) is 15.2. The molecule has 0 saturated carbocycles. The van der Waals surface area contributed by atoms with Crippen LogP contribution >= 0.6 is 0 Å². The lowest BCUT2D eigenvalue weighted by Crippen LogP contribution is -2.17. The van der Waals surface area contributed by atoms with E-state index in [9.17, 15) is 18.0 Å². The van der Waals surface area contributed by atoms with Crippen LogP contribution in [-0.2, 0) is 6.54 Å². The van der Waals surface area contributed by atoms with E-state index in [2.05, 4.69) is 4.98 Å². The Kier molecular flexibility index (Phi) is 2.65. The van der Waals surface area contributed by atoms with Crippen LogP contribution in [0.2, 0.25) is 0 Å². The predicted molar refractivity (Wildman–Crippen MR) is 55.8 cm³/mol. The highest BCUT2D eigenvalue weighted by Crippen LogP contribution is 2.24. The number of alkyl halides is 3. The molecule has 3 nitrogen and oxygen atoms in total. The smallest absolute Gasteiger partial charge is 0.323 e. The van der Waals surface area contributed by atoms with Crippen LogP contribution in [0.25, 0.3) is 11.0 Å². The maximum absolute atomic E-state index is 12.3. The predicted octanol–water partition coefficient (Wildman–Crippen LogP) is 2.80. The first kappa shape index (κ1) is 11.6. The van der Waals surface area contributed by atoms with Crippen LogP contribution in [0.3, 0.4) is 0 Å². The highest BCUT2D eigenvalue weighted by molar-refractivity contribution is 6.06. The lowest BCUT2D eigenvalue weighted by atomic mass is 10.2. The molecule has 90 valence electrons. The van der Waals surface area contributed by atoms with E-state index in [-0.39, 0.29) is 17.0 Å². The van der Waals surface area contributed by atoms with Gasteiger partial charge in [0.1, 0.15) is 12.2 Å². The largest absolute Gasteiger partial charge is 0.406 e. The molecule has 2 aromatic heterocycles. The normalized spacial score (nSPS) is 12.0. The second-order valence-electron chi connectivity index (χ2n) is 3.72. The molecule has 2 heterocycles. The van der Waals surface area contributed by atoms with Crippen molar-refractivity contribution in [2.75, 3.05) is 0 Å². The molecule has 0 aliphatic heterocycles. The number of Topliss-reactive ketones (excluding diaryl/α,β-unsaturated/α-hetero) is 1. The van der Waals surface area contributed by atoms with Gasteiger partial charge in [-0.1, -0.05) is 0 Å². The minimum absolute atomic E-state index is 0.176. The van der Waals surface area contributed by atoms with Crippen LogP contribution in [0, 0.1) is 0 Å². The number of fused-ring (bicyclic) bond motifs is 1. The Bertz CT molecular complexity index is 572. The van der Waals surface area contributed by atoms with E-state index >= 15 is 0 Å². The number of nitrogens with zero attached hydrogens (tertiary/aromatic N) is 2. The number of hydrogen-bond donors (Lipinski definition) is 0. The Labute approximate surface area is 94.9 Å². The van der Waals surface area contributed by atoms with Crippen LogP contribution in [0.4, 0.5) is 13.2 Å². The number of rotatable bonds is 2. The summed E-state index contributed by atoms with van der Waals surface area (Å²) in [6, 6.07) is 3.18. The molecule has 0 amide bonds. The molecule has 0 unspecified atom stereocenters. The summed E-state index contributed by atoms with van der Waals surface area (Å²) in [5, 5.41) is 0.448. The second kappa shape index (κ2) is 3.87. The first-order valence-electron chi connectivity index (χ1n) is 4.90. The van der Waals surface area contributed by atoms with Gasteiger partial charge in [0.15, 0.2) is 5.78 Å². The van der Waals surface area contributed by atoms with E-state index in [1.807, 2.05) is 0 Å². The van der Waals surface area contributed by atoms with Crippen LogP contribution in [0.15, 0.2) is 24.5 Å². The number of halogens is 3. The highest BCUT2D eigenvalue weighted by Gasteiger charge is 2.29.